The lowest BCUT2D eigenvalue weighted by Crippen LogP contribution is -2.37. The predicted molar refractivity (Wildman–Crippen MR) is 89.0 cm³/mol. The minimum absolute atomic E-state index is 0.0993. The van der Waals surface area contributed by atoms with E-state index >= 15 is 0 Å². The summed E-state index contributed by atoms with van der Waals surface area (Å²) in [5.74, 6) is -1.000. The van der Waals surface area contributed by atoms with Gasteiger partial charge >= 0.3 is 5.97 Å². The normalized spacial score (nSPS) is 14.7. The van der Waals surface area contributed by atoms with E-state index in [4.69, 9.17) is 4.74 Å². The molecule has 0 saturated carbocycles. The number of rotatable bonds is 4. The first kappa shape index (κ1) is 15.5. The SMILES string of the molecule is CCc1cccc(-c2cnc(C(=O)O)c(N3CCOCC3)c2)c1. The van der Waals surface area contributed by atoms with Crippen LogP contribution in [-0.2, 0) is 11.2 Å². The van der Waals surface area contributed by atoms with Crippen LogP contribution in [0.2, 0.25) is 0 Å². The Hall–Kier alpha value is -2.40. The number of carboxylic acid groups (broad SMARTS) is 1. The fraction of sp³-hybridized carbons (Fsp3) is 0.333. The Morgan fingerprint density at radius 2 is 2.04 bits per heavy atom. The third-order valence-corrected chi connectivity index (χ3v) is 4.09. The predicted octanol–water partition coefficient (Wildman–Crippen LogP) is 2.85. The molecule has 0 spiro atoms. The van der Waals surface area contributed by atoms with Crippen LogP contribution in [-0.4, -0.2) is 42.4 Å². The molecule has 2 aromatic rings. The first-order valence-electron chi connectivity index (χ1n) is 7.84. The van der Waals surface area contributed by atoms with Gasteiger partial charge < -0.3 is 14.7 Å². The highest BCUT2D eigenvalue weighted by Crippen LogP contribution is 2.28. The number of pyridine rings is 1. The summed E-state index contributed by atoms with van der Waals surface area (Å²) >= 11 is 0. The molecule has 1 aromatic carbocycles. The summed E-state index contributed by atoms with van der Waals surface area (Å²) in [5, 5.41) is 9.42. The minimum atomic E-state index is -1.000. The van der Waals surface area contributed by atoms with E-state index in [1.165, 1.54) is 5.56 Å². The first-order valence-corrected chi connectivity index (χ1v) is 7.84. The smallest absolute Gasteiger partial charge is 0.356 e. The van der Waals surface area contributed by atoms with E-state index in [-0.39, 0.29) is 5.69 Å². The van der Waals surface area contributed by atoms with Crippen LogP contribution < -0.4 is 4.90 Å². The lowest BCUT2D eigenvalue weighted by molar-refractivity contribution is 0.0690. The van der Waals surface area contributed by atoms with Crippen LogP contribution in [0, 0.1) is 0 Å². The number of aryl methyl sites for hydroxylation is 1. The van der Waals surface area contributed by atoms with Crippen molar-refractivity contribution in [3.8, 4) is 11.1 Å². The molecule has 1 aromatic heterocycles. The van der Waals surface area contributed by atoms with E-state index in [0.29, 0.717) is 32.0 Å². The van der Waals surface area contributed by atoms with E-state index in [1.54, 1.807) is 6.20 Å². The minimum Gasteiger partial charge on any atom is -0.476 e. The van der Waals surface area contributed by atoms with Crippen molar-refractivity contribution in [2.45, 2.75) is 13.3 Å². The van der Waals surface area contributed by atoms with Crippen molar-refractivity contribution in [1.82, 2.24) is 4.98 Å². The maximum absolute atomic E-state index is 11.5. The Balaban J connectivity index is 2.03. The number of aromatic nitrogens is 1. The van der Waals surface area contributed by atoms with Crippen LogP contribution in [0.4, 0.5) is 5.69 Å². The number of nitrogens with zero attached hydrogens (tertiary/aromatic N) is 2. The summed E-state index contributed by atoms with van der Waals surface area (Å²) in [6.45, 7) is 4.69. The highest BCUT2D eigenvalue weighted by Gasteiger charge is 2.20. The van der Waals surface area contributed by atoms with Crippen molar-refractivity contribution in [1.29, 1.82) is 0 Å². The molecule has 0 unspecified atom stereocenters. The number of benzene rings is 1. The van der Waals surface area contributed by atoms with Gasteiger partial charge in [0.25, 0.3) is 0 Å². The number of morpholine rings is 1. The summed E-state index contributed by atoms with van der Waals surface area (Å²) in [6.07, 6.45) is 2.60. The molecular formula is C18H20N2O3. The Morgan fingerprint density at radius 1 is 1.26 bits per heavy atom. The summed E-state index contributed by atoms with van der Waals surface area (Å²) in [5.41, 5.74) is 4.01. The number of hydrogen-bond donors (Lipinski definition) is 1. The molecule has 1 fully saturated rings. The Labute approximate surface area is 135 Å². The summed E-state index contributed by atoms with van der Waals surface area (Å²) < 4.78 is 5.36. The van der Waals surface area contributed by atoms with Crippen LogP contribution >= 0.6 is 0 Å². The van der Waals surface area contributed by atoms with Crippen LogP contribution in [0.15, 0.2) is 36.5 Å². The monoisotopic (exact) mass is 312 g/mol. The van der Waals surface area contributed by atoms with E-state index in [9.17, 15) is 9.90 Å². The van der Waals surface area contributed by atoms with Gasteiger partial charge in [0.15, 0.2) is 5.69 Å². The molecule has 23 heavy (non-hydrogen) atoms. The molecule has 0 atom stereocenters. The topological polar surface area (TPSA) is 62.7 Å². The van der Waals surface area contributed by atoms with E-state index in [0.717, 1.165) is 17.5 Å². The lowest BCUT2D eigenvalue weighted by Gasteiger charge is -2.29. The summed E-state index contributed by atoms with van der Waals surface area (Å²) in [6, 6.07) is 10.2. The van der Waals surface area contributed by atoms with Gasteiger partial charge in [-0.3, -0.25) is 0 Å². The molecule has 1 N–H and O–H groups in total. The van der Waals surface area contributed by atoms with Gasteiger partial charge in [-0.1, -0.05) is 31.2 Å². The van der Waals surface area contributed by atoms with Gasteiger partial charge in [0.2, 0.25) is 0 Å². The average Bonchev–Trinajstić information content (AvgIpc) is 2.62. The van der Waals surface area contributed by atoms with Crippen LogP contribution in [0.5, 0.6) is 0 Å². The highest BCUT2D eigenvalue weighted by atomic mass is 16.5. The Morgan fingerprint density at radius 3 is 2.74 bits per heavy atom. The van der Waals surface area contributed by atoms with Gasteiger partial charge in [0.05, 0.1) is 18.9 Å². The zero-order valence-corrected chi connectivity index (χ0v) is 13.2. The molecule has 120 valence electrons. The van der Waals surface area contributed by atoms with E-state index in [1.807, 2.05) is 23.1 Å². The molecule has 1 aliphatic heterocycles. The second-order valence-electron chi connectivity index (χ2n) is 5.55. The Bertz CT molecular complexity index is 709. The maximum atomic E-state index is 11.5. The van der Waals surface area contributed by atoms with Gasteiger partial charge in [-0.05, 0) is 23.6 Å². The molecule has 0 aliphatic carbocycles. The molecule has 0 amide bonds. The Kier molecular flexibility index (Phi) is 4.57. The van der Waals surface area contributed by atoms with Crippen molar-refractivity contribution in [2.24, 2.45) is 0 Å². The van der Waals surface area contributed by atoms with Gasteiger partial charge in [-0.2, -0.15) is 0 Å². The zero-order valence-electron chi connectivity index (χ0n) is 13.2. The first-order chi connectivity index (χ1) is 11.2. The molecule has 2 heterocycles. The van der Waals surface area contributed by atoms with Crippen LogP contribution in [0.25, 0.3) is 11.1 Å². The van der Waals surface area contributed by atoms with Crippen LogP contribution in [0.1, 0.15) is 23.0 Å². The quantitative estimate of drug-likeness (QED) is 0.940. The third-order valence-electron chi connectivity index (χ3n) is 4.09. The number of carboxylic acids is 1. The van der Waals surface area contributed by atoms with Gasteiger partial charge in [0, 0.05) is 24.8 Å². The molecular weight excluding hydrogens is 292 g/mol. The molecule has 1 aliphatic rings. The van der Waals surface area contributed by atoms with Crippen molar-refractivity contribution >= 4 is 11.7 Å². The van der Waals surface area contributed by atoms with Crippen molar-refractivity contribution < 1.29 is 14.6 Å². The molecule has 5 heteroatoms. The largest absolute Gasteiger partial charge is 0.476 e. The standard InChI is InChI=1S/C18H20N2O3/c1-2-13-4-3-5-14(10-13)15-11-16(17(18(21)22)19-12-15)20-6-8-23-9-7-20/h3-5,10-12H,2,6-9H2,1H3,(H,21,22). The molecule has 0 bridgehead atoms. The van der Waals surface area contributed by atoms with Gasteiger partial charge in [-0.15, -0.1) is 0 Å². The summed E-state index contributed by atoms with van der Waals surface area (Å²) in [7, 11) is 0. The number of carbonyl (C=O) groups is 1. The number of hydrogen-bond acceptors (Lipinski definition) is 4. The van der Waals surface area contributed by atoms with Crippen molar-refractivity contribution in [2.75, 3.05) is 31.2 Å². The maximum Gasteiger partial charge on any atom is 0.356 e. The molecule has 3 rings (SSSR count). The van der Waals surface area contributed by atoms with Crippen molar-refractivity contribution in [3.63, 3.8) is 0 Å². The molecule has 1 saturated heterocycles. The molecule has 0 radical (unpaired) electrons. The fourth-order valence-electron chi connectivity index (χ4n) is 2.79. The number of aromatic carboxylic acids is 1. The second kappa shape index (κ2) is 6.79. The number of ether oxygens (including phenoxy) is 1. The van der Waals surface area contributed by atoms with Crippen molar-refractivity contribution in [3.05, 3.63) is 47.8 Å². The van der Waals surface area contributed by atoms with Crippen LogP contribution in [0.3, 0.4) is 0 Å². The van der Waals surface area contributed by atoms with E-state index in [2.05, 4.69) is 24.0 Å². The summed E-state index contributed by atoms with van der Waals surface area (Å²) in [4.78, 5) is 17.7. The third kappa shape index (κ3) is 3.35. The lowest BCUT2D eigenvalue weighted by atomic mass is 10.0. The highest BCUT2D eigenvalue weighted by molar-refractivity contribution is 5.93. The fourth-order valence-corrected chi connectivity index (χ4v) is 2.79. The van der Waals surface area contributed by atoms with Gasteiger partial charge in [0.1, 0.15) is 0 Å². The second-order valence-corrected chi connectivity index (χ2v) is 5.55. The number of anilines is 1. The van der Waals surface area contributed by atoms with E-state index < -0.39 is 5.97 Å². The molecule has 5 nitrogen and oxygen atoms in total. The van der Waals surface area contributed by atoms with Gasteiger partial charge in [-0.25, -0.2) is 9.78 Å². The average molecular weight is 312 g/mol. The zero-order chi connectivity index (χ0) is 16.2.